The lowest BCUT2D eigenvalue weighted by Crippen LogP contribution is -2.46. The van der Waals surface area contributed by atoms with Crippen molar-refractivity contribution in [2.24, 2.45) is 0 Å². The summed E-state index contributed by atoms with van der Waals surface area (Å²) in [4.78, 5) is 15.7. The summed E-state index contributed by atoms with van der Waals surface area (Å²) in [6.45, 7) is 3.77. The van der Waals surface area contributed by atoms with Gasteiger partial charge in [-0.25, -0.2) is 4.98 Å². The molecule has 0 bridgehead atoms. The minimum Gasteiger partial charge on any atom is -0.505 e. The monoisotopic (exact) mass is 238 g/mol. The van der Waals surface area contributed by atoms with E-state index in [9.17, 15) is 9.90 Å². The molecule has 1 aromatic heterocycles. The van der Waals surface area contributed by atoms with E-state index in [-0.39, 0.29) is 18.1 Å². The van der Waals surface area contributed by atoms with Crippen molar-refractivity contribution in [3.05, 3.63) is 24.0 Å². The van der Waals surface area contributed by atoms with Crippen molar-refractivity contribution in [1.29, 1.82) is 0 Å². The van der Waals surface area contributed by atoms with E-state index in [1.165, 1.54) is 12.3 Å². The Hall–Kier alpha value is -1.62. The number of carbonyl (C=O) groups excluding carboxylic acids is 1. The van der Waals surface area contributed by atoms with Gasteiger partial charge in [0.1, 0.15) is 5.75 Å². The highest BCUT2D eigenvalue weighted by Crippen LogP contribution is 2.17. The largest absolute Gasteiger partial charge is 0.505 e. The number of rotatable bonds is 5. The summed E-state index contributed by atoms with van der Waals surface area (Å²) in [5.74, 6) is -0.576. The number of pyridine rings is 1. The van der Waals surface area contributed by atoms with Crippen molar-refractivity contribution in [2.75, 3.05) is 6.61 Å². The van der Waals surface area contributed by atoms with Crippen molar-refractivity contribution in [3.63, 3.8) is 0 Å². The number of nitrogens with zero attached hydrogens (tertiary/aromatic N) is 1. The molecule has 1 unspecified atom stereocenters. The van der Waals surface area contributed by atoms with Gasteiger partial charge in [0.05, 0.1) is 0 Å². The van der Waals surface area contributed by atoms with Crippen LogP contribution in [0.4, 0.5) is 0 Å². The minimum absolute atomic E-state index is 0.00117. The molecule has 5 nitrogen and oxygen atoms in total. The molecule has 1 rings (SSSR count). The van der Waals surface area contributed by atoms with Crippen LogP contribution in [0.1, 0.15) is 37.2 Å². The first-order chi connectivity index (χ1) is 8.02. The van der Waals surface area contributed by atoms with Crippen LogP contribution in [0.25, 0.3) is 0 Å². The molecular formula is C12H18N2O3. The number of amides is 1. The number of hydrogen-bond donors (Lipinski definition) is 3. The van der Waals surface area contributed by atoms with Crippen molar-refractivity contribution >= 4 is 5.91 Å². The number of aliphatic hydroxyl groups is 1. The number of aromatic nitrogens is 1. The van der Waals surface area contributed by atoms with Gasteiger partial charge < -0.3 is 15.5 Å². The van der Waals surface area contributed by atoms with E-state index < -0.39 is 11.4 Å². The van der Waals surface area contributed by atoms with Gasteiger partial charge in [0.25, 0.3) is 5.91 Å². The molecule has 0 spiro atoms. The first kappa shape index (κ1) is 13.4. The van der Waals surface area contributed by atoms with Crippen LogP contribution in [-0.4, -0.2) is 33.3 Å². The van der Waals surface area contributed by atoms with E-state index in [1.54, 1.807) is 6.07 Å². The number of aromatic hydroxyl groups is 1. The highest BCUT2D eigenvalue weighted by molar-refractivity contribution is 5.95. The van der Waals surface area contributed by atoms with Crippen LogP contribution in [0.2, 0.25) is 0 Å². The Labute approximate surface area is 101 Å². The standard InChI is InChI=1S/C12H18N2O3/c1-3-12(2,6-8-15)14-11(17)10-9(16)5-4-7-13-10/h4-5,7,15-16H,3,6,8H2,1-2H3,(H,14,17). The second kappa shape index (κ2) is 5.63. The molecule has 94 valence electrons. The fourth-order valence-electron chi connectivity index (χ4n) is 1.48. The van der Waals surface area contributed by atoms with Crippen LogP contribution < -0.4 is 5.32 Å². The van der Waals surface area contributed by atoms with Crippen molar-refractivity contribution < 1.29 is 15.0 Å². The molecule has 0 fully saturated rings. The molecule has 0 aliphatic carbocycles. The van der Waals surface area contributed by atoms with Crippen LogP contribution in [0.3, 0.4) is 0 Å². The average Bonchev–Trinajstić information content (AvgIpc) is 2.29. The summed E-state index contributed by atoms with van der Waals surface area (Å²) in [6, 6.07) is 2.97. The number of carbonyl (C=O) groups is 1. The van der Waals surface area contributed by atoms with Gasteiger partial charge in [-0.2, -0.15) is 0 Å². The molecule has 1 aromatic rings. The quantitative estimate of drug-likeness (QED) is 0.716. The maximum Gasteiger partial charge on any atom is 0.274 e. The molecule has 1 atom stereocenters. The summed E-state index contributed by atoms with van der Waals surface area (Å²) in [5.41, 5.74) is -0.486. The van der Waals surface area contributed by atoms with E-state index in [1.807, 2.05) is 13.8 Å². The molecule has 0 aliphatic rings. The first-order valence-electron chi connectivity index (χ1n) is 5.60. The molecular weight excluding hydrogens is 220 g/mol. The molecule has 0 aliphatic heterocycles. The van der Waals surface area contributed by atoms with E-state index in [2.05, 4.69) is 10.3 Å². The average molecular weight is 238 g/mol. The van der Waals surface area contributed by atoms with Gasteiger partial charge in [-0.15, -0.1) is 0 Å². The van der Waals surface area contributed by atoms with Gasteiger partial charge in [0.15, 0.2) is 5.69 Å². The second-order valence-corrected chi connectivity index (χ2v) is 4.21. The normalized spacial score (nSPS) is 14.1. The van der Waals surface area contributed by atoms with E-state index in [4.69, 9.17) is 5.11 Å². The zero-order valence-corrected chi connectivity index (χ0v) is 10.1. The Balaban J connectivity index is 2.82. The van der Waals surface area contributed by atoms with Crippen molar-refractivity contribution in [2.45, 2.75) is 32.2 Å². The highest BCUT2D eigenvalue weighted by atomic mass is 16.3. The molecule has 17 heavy (non-hydrogen) atoms. The summed E-state index contributed by atoms with van der Waals surface area (Å²) >= 11 is 0. The third-order valence-corrected chi connectivity index (χ3v) is 2.86. The summed E-state index contributed by atoms with van der Waals surface area (Å²) in [5, 5.41) is 21.2. The van der Waals surface area contributed by atoms with E-state index >= 15 is 0 Å². The molecule has 3 N–H and O–H groups in total. The molecule has 5 heteroatoms. The Bertz CT molecular complexity index is 395. The Kier molecular flexibility index (Phi) is 4.45. The van der Waals surface area contributed by atoms with Crippen LogP contribution in [0.15, 0.2) is 18.3 Å². The number of hydrogen-bond acceptors (Lipinski definition) is 4. The van der Waals surface area contributed by atoms with Crippen LogP contribution in [0.5, 0.6) is 5.75 Å². The lowest BCUT2D eigenvalue weighted by atomic mass is 9.94. The predicted molar refractivity (Wildman–Crippen MR) is 63.8 cm³/mol. The zero-order chi connectivity index (χ0) is 12.9. The van der Waals surface area contributed by atoms with Gasteiger partial charge in [-0.05, 0) is 31.9 Å². The third kappa shape index (κ3) is 3.42. The zero-order valence-electron chi connectivity index (χ0n) is 10.1. The Morgan fingerprint density at radius 3 is 2.82 bits per heavy atom. The fraction of sp³-hybridized carbons (Fsp3) is 0.500. The van der Waals surface area contributed by atoms with Crippen molar-refractivity contribution in [1.82, 2.24) is 10.3 Å². The lowest BCUT2D eigenvalue weighted by Gasteiger charge is -2.28. The summed E-state index contributed by atoms with van der Waals surface area (Å²) in [7, 11) is 0. The SMILES string of the molecule is CCC(C)(CCO)NC(=O)c1ncccc1O. The topological polar surface area (TPSA) is 82.5 Å². The minimum atomic E-state index is -0.490. The molecule has 0 aromatic carbocycles. The summed E-state index contributed by atoms with van der Waals surface area (Å²) in [6.07, 6.45) is 2.60. The predicted octanol–water partition coefficient (Wildman–Crippen LogP) is 1.07. The maximum atomic E-state index is 11.9. The second-order valence-electron chi connectivity index (χ2n) is 4.21. The van der Waals surface area contributed by atoms with Crippen LogP contribution in [-0.2, 0) is 0 Å². The smallest absolute Gasteiger partial charge is 0.274 e. The first-order valence-corrected chi connectivity index (χ1v) is 5.60. The summed E-state index contributed by atoms with van der Waals surface area (Å²) < 4.78 is 0. The van der Waals surface area contributed by atoms with Gasteiger partial charge in [0.2, 0.25) is 0 Å². The van der Waals surface area contributed by atoms with Gasteiger partial charge in [-0.3, -0.25) is 4.79 Å². The van der Waals surface area contributed by atoms with Crippen molar-refractivity contribution in [3.8, 4) is 5.75 Å². The third-order valence-electron chi connectivity index (χ3n) is 2.86. The maximum absolute atomic E-state index is 11.9. The number of nitrogens with one attached hydrogen (secondary N) is 1. The highest BCUT2D eigenvalue weighted by Gasteiger charge is 2.25. The van der Waals surface area contributed by atoms with Crippen LogP contribution >= 0.6 is 0 Å². The van der Waals surface area contributed by atoms with E-state index in [0.717, 1.165) is 0 Å². The molecule has 0 radical (unpaired) electrons. The fourth-order valence-corrected chi connectivity index (χ4v) is 1.48. The Morgan fingerprint density at radius 2 is 2.29 bits per heavy atom. The molecule has 1 amide bonds. The van der Waals surface area contributed by atoms with Gasteiger partial charge in [0, 0.05) is 18.3 Å². The Morgan fingerprint density at radius 1 is 1.59 bits per heavy atom. The van der Waals surface area contributed by atoms with Crippen LogP contribution in [0, 0.1) is 0 Å². The van der Waals surface area contributed by atoms with Gasteiger partial charge in [-0.1, -0.05) is 6.92 Å². The lowest BCUT2D eigenvalue weighted by molar-refractivity contribution is 0.0878. The molecule has 1 heterocycles. The molecule has 0 saturated carbocycles. The van der Waals surface area contributed by atoms with Gasteiger partial charge >= 0.3 is 0 Å². The molecule has 0 saturated heterocycles. The number of aliphatic hydroxyl groups excluding tert-OH is 1. The van der Waals surface area contributed by atoms with E-state index in [0.29, 0.717) is 12.8 Å².